The number of aromatic nitrogens is 3. The van der Waals surface area contributed by atoms with Crippen LogP contribution in [0.4, 0.5) is 0 Å². The molecular formula is C45H27N3S. The van der Waals surface area contributed by atoms with E-state index in [1.54, 1.807) is 11.3 Å². The lowest BCUT2D eigenvalue weighted by Crippen LogP contribution is -2.02. The van der Waals surface area contributed by atoms with Crippen LogP contribution in [0.15, 0.2) is 164 Å². The molecule has 0 amide bonds. The van der Waals surface area contributed by atoms with Crippen LogP contribution in [0.3, 0.4) is 0 Å². The van der Waals surface area contributed by atoms with Crippen LogP contribution >= 0.6 is 11.3 Å². The van der Waals surface area contributed by atoms with Crippen LogP contribution in [0.5, 0.6) is 0 Å². The average Bonchev–Trinajstić information content (AvgIpc) is 3.55. The van der Waals surface area contributed by atoms with Gasteiger partial charge in [0.15, 0.2) is 17.5 Å². The summed E-state index contributed by atoms with van der Waals surface area (Å²) in [6, 6.07) is 58.0. The molecule has 0 saturated carbocycles. The second kappa shape index (κ2) is 11.2. The molecule has 2 aromatic heterocycles. The maximum Gasteiger partial charge on any atom is 0.164 e. The molecule has 0 atom stereocenters. The molecule has 49 heavy (non-hydrogen) atoms. The lowest BCUT2D eigenvalue weighted by Gasteiger charge is -2.15. The van der Waals surface area contributed by atoms with Gasteiger partial charge in [0.05, 0.1) is 0 Å². The molecule has 0 radical (unpaired) electrons. The number of thiophene rings is 1. The van der Waals surface area contributed by atoms with Gasteiger partial charge in [0.1, 0.15) is 0 Å². The molecule has 0 spiro atoms. The Morgan fingerprint density at radius 3 is 1.80 bits per heavy atom. The minimum atomic E-state index is 0.650. The molecule has 2 heterocycles. The van der Waals surface area contributed by atoms with Gasteiger partial charge in [-0.05, 0) is 56.3 Å². The number of fused-ring (bicyclic) bond motifs is 8. The van der Waals surface area contributed by atoms with Crippen LogP contribution in [-0.2, 0) is 0 Å². The zero-order chi connectivity index (χ0) is 32.3. The van der Waals surface area contributed by atoms with Crippen molar-refractivity contribution in [2.75, 3.05) is 0 Å². The molecule has 0 aliphatic rings. The molecule has 228 valence electrons. The normalized spacial score (nSPS) is 11.7. The zero-order valence-electron chi connectivity index (χ0n) is 26.3. The summed E-state index contributed by atoms with van der Waals surface area (Å²) in [5.41, 5.74) is 5.14. The van der Waals surface area contributed by atoms with Gasteiger partial charge in [-0.25, -0.2) is 15.0 Å². The third-order valence-corrected chi connectivity index (χ3v) is 10.6. The molecule has 0 aliphatic carbocycles. The number of benzene rings is 8. The molecule has 10 rings (SSSR count). The first kappa shape index (κ1) is 27.8. The van der Waals surface area contributed by atoms with Crippen LogP contribution in [-0.4, -0.2) is 15.0 Å². The van der Waals surface area contributed by atoms with E-state index in [1.807, 2.05) is 6.07 Å². The third-order valence-electron chi connectivity index (χ3n) is 9.52. The Hall–Kier alpha value is -6.23. The molecule has 4 heteroatoms. The van der Waals surface area contributed by atoms with E-state index in [9.17, 15) is 0 Å². The van der Waals surface area contributed by atoms with Gasteiger partial charge in [-0.3, -0.25) is 0 Å². The van der Waals surface area contributed by atoms with Crippen molar-refractivity contribution < 1.29 is 0 Å². The molecule has 0 unspecified atom stereocenters. The number of nitrogens with zero attached hydrogens (tertiary/aromatic N) is 3. The standard InChI is InChI=1S/C45H27N3S/c1-2-12-28(13-3-1)32-16-8-9-20-38(32)44-46-43(31-23-24-36-35-19-10-11-21-40(35)49-41(36)27-31)47-45(48-44)39-26-30-15-5-6-17-33(30)37-25-22-29-14-4-7-18-34(29)42(37)39/h1-27H. The van der Waals surface area contributed by atoms with E-state index in [0.717, 1.165) is 38.6 Å². The molecular weight excluding hydrogens is 615 g/mol. The fraction of sp³-hybridized carbons (Fsp3) is 0. The maximum atomic E-state index is 5.33. The van der Waals surface area contributed by atoms with Gasteiger partial charge in [-0.2, -0.15) is 0 Å². The molecule has 10 aromatic rings. The first-order valence-corrected chi connectivity index (χ1v) is 17.3. The highest BCUT2D eigenvalue weighted by Crippen LogP contribution is 2.41. The summed E-state index contributed by atoms with van der Waals surface area (Å²) >= 11 is 1.80. The van der Waals surface area contributed by atoms with Crippen LogP contribution < -0.4 is 0 Å². The summed E-state index contributed by atoms with van der Waals surface area (Å²) in [7, 11) is 0. The summed E-state index contributed by atoms with van der Waals surface area (Å²) in [6.45, 7) is 0. The molecule has 0 bridgehead atoms. The van der Waals surface area contributed by atoms with Gasteiger partial charge >= 0.3 is 0 Å². The van der Waals surface area contributed by atoms with Crippen molar-refractivity contribution in [1.29, 1.82) is 0 Å². The number of hydrogen-bond donors (Lipinski definition) is 0. The van der Waals surface area contributed by atoms with Crippen LogP contribution in [0, 0.1) is 0 Å². The van der Waals surface area contributed by atoms with Gasteiger partial charge in [-0.1, -0.05) is 146 Å². The molecule has 0 aliphatic heterocycles. The van der Waals surface area contributed by atoms with Crippen molar-refractivity contribution in [1.82, 2.24) is 15.0 Å². The average molecular weight is 642 g/mol. The number of rotatable bonds is 4. The van der Waals surface area contributed by atoms with E-state index in [2.05, 4.69) is 158 Å². The van der Waals surface area contributed by atoms with Crippen molar-refractivity contribution in [3.8, 4) is 45.3 Å². The van der Waals surface area contributed by atoms with Crippen molar-refractivity contribution in [3.05, 3.63) is 164 Å². The summed E-state index contributed by atoms with van der Waals surface area (Å²) in [6.07, 6.45) is 0. The van der Waals surface area contributed by atoms with Crippen LogP contribution in [0.2, 0.25) is 0 Å². The Bertz CT molecular complexity index is 2890. The molecule has 8 aromatic carbocycles. The largest absolute Gasteiger partial charge is 0.208 e. The van der Waals surface area contributed by atoms with Gasteiger partial charge in [0.2, 0.25) is 0 Å². The minimum Gasteiger partial charge on any atom is -0.208 e. The quantitative estimate of drug-likeness (QED) is 0.180. The SMILES string of the molecule is c1ccc(-c2ccccc2-c2nc(-c3ccc4c(c3)sc3ccccc34)nc(-c3cc4ccccc4c4ccc5ccccc5c34)n2)cc1. The molecule has 0 fully saturated rings. The summed E-state index contributed by atoms with van der Waals surface area (Å²) in [5, 5.41) is 9.60. The summed E-state index contributed by atoms with van der Waals surface area (Å²) < 4.78 is 2.49. The first-order chi connectivity index (χ1) is 24.3. The molecule has 0 N–H and O–H groups in total. The van der Waals surface area contributed by atoms with Gasteiger partial charge in [-0.15, -0.1) is 11.3 Å². The second-order valence-corrected chi connectivity index (χ2v) is 13.5. The van der Waals surface area contributed by atoms with Crippen molar-refractivity contribution in [2.45, 2.75) is 0 Å². The van der Waals surface area contributed by atoms with E-state index < -0.39 is 0 Å². The van der Waals surface area contributed by atoms with E-state index in [0.29, 0.717) is 17.5 Å². The zero-order valence-corrected chi connectivity index (χ0v) is 27.2. The Balaban J connectivity index is 1.29. The highest BCUT2D eigenvalue weighted by atomic mass is 32.1. The van der Waals surface area contributed by atoms with Crippen molar-refractivity contribution in [3.63, 3.8) is 0 Å². The maximum absolute atomic E-state index is 5.33. The van der Waals surface area contributed by atoms with E-state index in [4.69, 9.17) is 15.0 Å². The van der Waals surface area contributed by atoms with Gasteiger partial charge < -0.3 is 0 Å². The predicted molar refractivity (Wildman–Crippen MR) is 207 cm³/mol. The molecule has 0 saturated heterocycles. The lowest BCUT2D eigenvalue weighted by molar-refractivity contribution is 1.08. The smallest absolute Gasteiger partial charge is 0.164 e. The Kier molecular flexibility index (Phi) is 6.36. The van der Waals surface area contributed by atoms with E-state index >= 15 is 0 Å². The Morgan fingerprint density at radius 1 is 0.327 bits per heavy atom. The van der Waals surface area contributed by atoms with Gasteiger partial charge in [0, 0.05) is 42.2 Å². The fourth-order valence-corrected chi connectivity index (χ4v) is 8.36. The lowest BCUT2D eigenvalue weighted by atomic mass is 9.92. The second-order valence-electron chi connectivity index (χ2n) is 12.4. The summed E-state index contributed by atoms with van der Waals surface area (Å²) in [5.74, 6) is 1.97. The van der Waals surface area contributed by atoms with Crippen LogP contribution in [0.25, 0.3) is 97.8 Å². The van der Waals surface area contributed by atoms with Crippen LogP contribution in [0.1, 0.15) is 0 Å². The third kappa shape index (κ3) is 4.61. The van der Waals surface area contributed by atoms with E-state index in [-0.39, 0.29) is 0 Å². The Morgan fingerprint density at radius 2 is 0.939 bits per heavy atom. The van der Waals surface area contributed by atoms with Gasteiger partial charge in [0.25, 0.3) is 0 Å². The minimum absolute atomic E-state index is 0.650. The van der Waals surface area contributed by atoms with Crippen molar-refractivity contribution in [2.24, 2.45) is 0 Å². The van der Waals surface area contributed by atoms with E-state index in [1.165, 1.54) is 41.7 Å². The summed E-state index contributed by atoms with van der Waals surface area (Å²) in [4.78, 5) is 15.9. The predicted octanol–water partition coefficient (Wildman–Crippen LogP) is 12.4. The number of hydrogen-bond acceptors (Lipinski definition) is 4. The Labute approximate surface area is 286 Å². The van der Waals surface area contributed by atoms with Crippen molar-refractivity contribution >= 4 is 63.8 Å². The molecule has 3 nitrogen and oxygen atoms in total. The topological polar surface area (TPSA) is 38.7 Å². The highest BCUT2D eigenvalue weighted by molar-refractivity contribution is 7.25. The highest BCUT2D eigenvalue weighted by Gasteiger charge is 2.19. The monoisotopic (exact) mass is 641 g/mol. The fourth-order valence-electron chi connectivity index (χ4n) is 7.22. The first-order valence-electron chi connectivity index (χ1n) is 16.4.